The molecule has 16 heavy (non-hydrogen) atoms. The van der Waals surface area contributed by atoms with Crippen molar-refractivity contribution in [2.24, 2.45) is 5.92 Å². The molecule has 0 bridgehead atoms. The average molecular weight is 303 g/mol. The Kier molecular flexibility index (Phi) is 4.15. The quantitative estimate of drug-likeness (QED) is 0.745. The second-order valence-electron chi connectivity index (χ2n) is 4.42. The molecule has 0 aliphatic carbocycles. The monoisotopic (exact) mass is 301 g/mol. The Morgan fingerprint density at radius 1 is 1.50 bits per heavy atom. The molecule has 1 saturated heterocycles. The fourth-order valence-corrected chi connectivity index (χ4v) is 3.13. The molecule has 0 N–H and O–H groups in total. The Balaban J connectivity index is 2.13. The largest absolute Gasteiger partial charge is 0.371 e. The van der Waals surface area contributed by atoms with Crippen molar-refractivity contribution in [1.82, 2.24) is 0 Å². The Morgan fingerprint density at radius 3 is 2.88 bits per heavy atom. The highest BCUT2D eigenvalue weighted by atomic mass is 79.9. The third kappa shape index (κ3) is 2.54. The molecule has 0 aromatic heterocycles. The molecule has 0 spiro atoms. The van der Waals surface area contributed by atoms with Gasteiger partial charge in [0.1, 0.15) is 0 Å². The molecule has 1 atom stereocenters. The predicted molar refractivity (Wildman–Crippen MR) is 74.7 cm³/mol. The van der Waals surface area contributed by atoms with Crippen LogP contribution in [0.4, 0.5) is 5.69 Å². The van der Waals surface area contributed by atoms with Crippen LogP contribution in [0.2, 0.25) is 5.02 Å². The number of nitrogens with zero attached hydrogens (tertiary/aromatic N) is 1. The van der Waals surface area contributed by atoms with Crippen molar-refractivity contribution < 1.29 is 0 Å². The maximum Gasteiger partial charge on any atom is 0.0467 e. The Morgan fingerprint density at radius 2 is 2.31 bits per heavy atom. The van der Waals surface area contributed by atoms with Crippen molar-refractivity contribution in [2.75, 3.05) is 18.0 Å². The minimum Gasteiger partial charge on any atom is -0.371 e. The lowest BCUT2D eigenvalue weighted by Crippen LogP contribution is -2.19. The van der Waals surface area contributed by atoms with Gasteiger partial charge in [-0.25, -0.2) is 0 Å². The summed E-state index contributed by atoms with van der Waals surface area (Å²) in [6.45, 7) is 4.62. The predicted octanol–water partition coefficient (Wildman–Crippen LogP) is 4.47. The molecule has 1 nitrogen and oxygen atoms in total. The number of anilines is 1. The smallest absolute Gasteiger partial charge is 0.0467 e. The third-order valence-corrected chi connectivity index (χ3v) is 4.36. The van der Waals surface area contributed by atoms with Crippen molar-refractivity contribution >= 4 is 33.2 Å². The van der Waals surface area contributed by atoms with E-state index in [4.69, 9.17) is 11.6 Å². The van der Waals surface area contributed by atoms with Gasteiger partial charge < -0.3 is 4.90 Å². The number of hydrogen-bond acceptors (Lipinski definition) is 1. The summed E-state index contributed by atoms with van der Waals surface area (Å²) in [5.74, 6) is 0.856. The molecule has 1 aromatic carbocycles. The molecule has 1 fully saturated rings. The second kappa shape index (κ2) is 5.42. The highest BCUT2D eigenvalue weighted by Gasteiger charge is 2.21. The molecule has 0 radical (unpaired) electrons. The average Bonchev–Trinajstić information content (AvgIpc) is 2.77. The van der Waals surface area contributed by atoms with Crippen LogP contribution in [-0.2, 0) is 5.33 Å². The van der Waals surface area contributed by atoms with Crippen LogP contribution in [0.25, 0.3) is 0 Å². The summed E-state index contributed by atoms with van der Waals surface area (Å²) in [7, 11) is 0. The van der Waals surface area contributed by atoms with E-state index in [1.165, 1.54) is 31.6 Å². The van der Waals surface area contributed by atoms with Crippen molar-refractivity contribution in [3.63, 3.8) is 0 Å². The number of hydrogen-bond donors (Lipinski definition) is 0. The normalized spacial score (nSPS) is 20.4. The molecule has 1 aromatic rings. The van der Waals surface area contributed by atoms with Gasteiger partial charge >= 0.3 is 0 Å². The lowest BCUT2D eigenvalue weighted by Gasteiger charge is -2.19. The van der Waals surface area contributed by atoms with Crippen molar-refractivity contribution in [3.05, 3.63) is 28.8 Å². The zero-order chi connectivity index (χ0) is 11.5. The summed E-state index contributed by atoms with van der Waals surface area (Å²) < 4.78 is 0. The fraction of sp³-hybridized carbons (Fsp3) is 0.538. The number of alkyl halides is 1. The molecule has 2 rings (SSSR count). The molecule has 0 amide bonds. The topological polar surface area (TPSA) is 3.24 Å². The van der Waals surface area contributed by atoms with E-state index in [-0.39, 0.29) is 0 Å². The molecule has 1 heterocycles. The van der Waals surface area contributed by atoms with Crippen LogP contribution in [0, 0.1) is 5.92 Å². The first-order valence-electron chi connectivity index (χ1n) is 5.84. The van der Waals surface area contributed by atoms with Crippen LogP contribution in [-0.4, -0.2) is 13.1 Å². The Hall–Kier alpha value is -0.210. The van der Waals surface area contributed by atoms with Crippen molar-refractivity contribution in [1.29, 1.82) is 0 Å². The third-order valence-electron chi connectivity index (χ3n) is 3.41. The number of halogens is 2. The van der Waals surface area contributed by atoms with Crippen molar-refractivity contribution in [2.45, 2.75) is 25.1 Å². The molecule has 1 aliphatic heterocycles. The summed E-state index contributed by atoms with van der Waals surface area (Å²) in [4.78, 5) is 2.44. The van der Waals surface area contributed by atoms with Gasteiger partial charge in [-0.15, -0.1) is 0 Å². The maximum atomic E-state index is 6.22. The van der Waals surface area contributed by atoms with Gasteiger partial charge in [0.15, 0.2) is 0 Å². The summed E-state index contributed by atoms with van der Waals surface area (Å²) in [6, 6.07) is 6.39. The van der Waals surface area contributed by atoms with Crippen LogP contribution in [0.1, 0.15) is 25.3 Å². The molecule has 88 valence electrons. The fourth-order valence-electron chi connectivity index (χ4n) is 2.24. The first-order chi connectivity index (χ1) is 7.74. The maximum absolute atomic E-state index is 6.22. The van der Waals surface area contributed by atoms with Gasteiger partial charge in [0, 0.05) is 29.1 Å². The SMILES string of the molecule is CCC1CCN(c2ccc(CBr)c(Cl)c2)C1. The van der Waals surface area contributed by atoms with Gasteiger partial charge in [-0.1, -0.05) is 46.9 Å². The van der Waals surface area contributed by atoms with Crippen molar-refractivity contribution in [3.8, 4) is 0 Å². The number of rotatable bonds is 3. The summed E-state index contributed by atoms with van der Waals surface area (Å²) >= 11 is 9.66. The van der Waals surface area contributed by atoms with Gasteiger partial charge in [0.05, 0.1) is 0 Å². The zero-order valence-electron chi connectivity index (χ0n) is 9.55. The lowest BCUT2D eigenvalue weighted by atomic mass is 10.1. The van der Waals surface area contributed by atoms with E-state index in [0.717, 1.165) is 21.8 Å². The van der Waals surface area contributed by atoms with Gasteiger partial charge in [0.2, 0.25) is 0 Å². The lowest BCUT2D eigenvalue weighted by molar-refractivity contribution is 0.569. The van der Waals surface area contributed by atoms with Crippen LogP contribution in [0.5, 0.6) is 0 Å². The van der Waals surface area contributed by atoms with E-state index in [0.29, 0.717) is 0 Å². The second-order valence-corrected chi connectivity index (χ2v) is 5.39. The van der Waals surface area contributed by atoms with Gasteiger partial charge in [-0.3, -0.25) is 0 Å². The highest BCUT2D eigenvalue weighted by molar-refractivity contribution is 9.08. The number of benzene rings is 1. The summed E-state index contributed by atoms with van der Waals surface area (Å²) in [5, 5.41) is 1.69. The van der Waals surface area contributed by atoms with Gasteiger partial charge in [-0.2, -0.15) is 0 Å². The van der Waals surface area contributed by atoms with Gasteiger partial charge in [0.25, 0.3) is 0 Å². The minimum atomic E-state index is 0.823. The Labute approximate surface area is 111 Å². The first kappa shape index (κ1) is 12.3. The highest BCUT2D eigenvalue weighted by Crippen LogP contribution is 2.29. The summed E-state index contributed by atoms with van der Waals surface area (Å²) in [5.41, 5.74) is 2.43. The molecular formula is C13H17BrClN. The van der Waals surface area contributed by atoms with E-state index in [9.17, 15) is 0 Å². The van der Waals surface area contributed by atoms with Crippen LogP contribution >= 0.6 is 27.5 Å². The Bertz CT molecular complexity index is 367. The zero-order valence-corrected chi connectivity index (χ0v) is 11.9. The standard InChI is InChI=1S/C13H17BrClN/c1-2-10-5-6-16(9-10)12-4-3-11(8-14)13(15)7-12/h3-4,7,10H,2,5-6,8-9H2,1H3. The van der Waals surface area contributed by atoms with E-state index >= 15 is 0 Å². The van der Waals surface area contributed by atoms with Crippen LogP contribution in [0.3, 0.4) is 0 Å². The van der Waals surface area contributed by atoms with Crippen LogP contribution in [0.15, 0.2) is 18.2 Å². The summed E-state index contributed by atoms with van der Waals surface area (Å²) in [6.07, 6.45) is 2.60. The van der Waals surface area contributed by atoms with E-state index in [2.05, 4.69) is 46.0 Å². The first-order valence-corrected chi connectivity index (χ1v) is 7.34. The van der Waals surface area contributed by atoms with Gasteiger partial charge in [-0.05, 0) is 30.0 Å². The van der Waals surface area contributed by atoms with Crippen LogP contribution < -0.4 is 4.90 Å². The molecule has 1 aliphatic rings. The minimum absolute atomic E-state index is 0.823. The molecule has 3 heteroatoms. The van der Waals surface area contributed by atoms with E-state index < -0.39 is 0 Å². The van der Waals surface area contributed by atoms with E-state index in [1.807, 2.05) is 0 Å². The molecule has 1 unspecified atom stereocenters. The molecular weight excluding hydrogens is 286 g/mol. The van der Waals surface area contributed by atoms with E-state index in [1.54, 1.807) is 0 Å². The molecule has 0 saturated carbocycles.